The molecule has 3 heterocycles. The average molecular weight is 345 g/mol. The summed E-state index contributed by atoms with van der Waals surface area (Å²) in [5.74, 6) is -0.361. The summed E-state index contributed by atoms with van der Waals surface area (Å²) >= 11 is 1.39. The first kappa shape index (κ1) is 16.1. The standard InChI is InChI=1S/C15H15N5O3S/c1-2-19-8-16-7-11(15(19)23)18-12(21)3-5-20-9-17-13-10(14(20)22)4-6-24-13/h4,6-9H,2-3,5H2,1H3,(H,18,21). The van der Waals surface area contributed by atoms with E-state index in [0.717, 1.165) is 0 Å². The molecule has 0 bridgehead atoms. The minimum atomic E-state index is -0.361. The number of nitrogens with one attached hydrogen (secondary N) is 1. The molecule has 1 N–H and O–H groups in total. The van der Waals surface area contributed by atoms with Crippen molar-refractivity contribution in [2.24, 2.45) is 0 Å². The first-order chi connectivity index (χ1) is 11.6. The van der Waals surface area contributed by atoms with Gasteiger partial charge in [-0.15, -0.1) is 11.3 Å². The SMILES string of the molecule is CCn1cncc(NC(=O)CCn2cnc3sccc3c2=O)c1=O. The number of anilines is 1. The molecule has 0 aromatic carbocycles. The van der Waals surface area contributed by atoms with E-state index in [-0.39, 0.29) is 35.7 Å². The lowest BCUT2D eigenvalue weighted by Gasteiger charge is -2.08. The fraction of sp³-hybridized carbons (Fsp3) is 0.267. The Labute approximate surface area is 140 Å². The molecule has 3 aromatic rings. The number of rotatable bonds is 5. The number of carbonyl (C=O) groups excluding carboxylic acids is 1. The Balaban J connectivity index is 1.70. The van der Waals surface area contributed by atoms with Crippen LogP contribution in [0.15, 0.2) is 39.9 Å². The Morgan fingerprint density at radius 2 is 2.08 bits per heavy atom. The van der Waals surface area contributed by atoms with Crippen molar-refractivity contribution in [2.45, 2.75) is 26.4 Å². The maximum Gasteiger partial charge on any atom is 0.277 e. The summed E-state index contributed by atoms with van der Waals surface area (Å²) in [6.45, 7) is 2.47. The van der Waals surface area contributed by atoms with Crippen LogP contribution in [-0.4, -0.2) is 25.0 Å². The van der Waals surface area contributed by atoms with Crippen LogP contribution in [-0.2, 0) is 17.9 Å². The van der Waals surface area contributed by atoms with Gasteiger partial charge in [0, 0.05) is 19.5 Å². The molecule has 0 aliphatic rings. The summed E-state index contributed by atoms with van der Waals surface area (Å²) in [5.41, 5.74) is -0.355. The summed E-state index contributed by atoms with van der Waals surface area (Å²) in [5, 5.41) is 4.88. The molecule has 0 atom stereocenters. The van der Waals surface area contributed by atoms with E-state index < -0.39 is 0 Å². The fourth-order valence-corrected chi connectivity index (χ4v) is 2.97. The second-order valence-corrected chi connectivity index (χ2v) is 5.97. The minimum Gasteiger partial charge on any atom is -0.320 e. The van der Waals surface area contributed by atoms with Crippen LogP contribution in [0.3, 0.4) is 0 Å². The van der Waals surface area contributed by atoms with Gasteiger partial charge in [0.15, 0.2) is 0 Å². The monoisotopic (exact) mass is 345 g/mol. The third kappa shape index (κ3) is 3.11. The normalized spacial score (nSPS) is 10.9. The first-order valence-electron chi connectivity index (χ1n) is 7.37. The highest BCUT2D eigenvalue weighted by Crippen LogP contribution is 2.13. The maximum atomic E-state index is 12.2. The molecule has 124 valence electrons. The van der Waals surface area contributed by atoms with Crippen molar-refractivity contribution >= 4 is 33.1 Å². The van der Waals surface area contributed by atoms with Crippen LogP contribution in [0.5, 0.6) is 0 Å². The predicted octanol–water partition coefficient (Wildman–Crippen LogP) is 1.06. The predicted molar refractivity (Wildman–Crippen MR) is 91.3 cm³/mol. The van der Waals surface area contributed by atoms with Crippen LogP contribution in [0.1, 0.15) is 13.3 Å². The van der Waals surface area contributed by atoms with Gasteiger partial charge in [-0.3, -0.25) is 23.5 Å². The molecule has 0 saturated carbocycles. The Bertz CT molecular complexity index is 1000. The number of hydrogen-bond donors (Lipinski definition) is 1. The van der Waals surface area contributed by atoms with Crippen molar-refractivity contribution in [2.75, 3.05) is 5.32 Å². The molecule has 3 aromatic heterocycles. The number of amides is 1. The van der Waals surface area contributed by atoms with Gasteiger partial charge in [-0.2, -0.15) is 0 Å². The molecule has 0 spiro atoms. The zero-order valence-corrected chi connectivity index (χ0v) is 13.7. The van der Waals surface area contributed by atoms with E-state index in [1.54, 1.807) is 11.4 Å². The van der Waals surface area contributed by atoms with E-state index in [4.69, 9.17) is 0 Å². The van der Waals surface area contributed by atoms with Gasteiger partial charge in [-0.1, -0.05) is 0 Å². The maximum absolute atomic E-state index is 12.2. The molecule has 8 nitrogen and oxygen atoms in total. The van der Waals surface area contributed by atoms with E-state index in [9.17, 15) is 14.4 Å². The first-order valence-corrected chi connectivity index (χ1v) is 8.25. The van der Waals surface area contributed by atoms with E-state index in [0.29, 0.717) is 16.8 Å². The number of aryl methyl sites for hydroxylation is 2. The number of nitrogens with zero attached hydrogens (tertiary/aromatic N) is 4. The lowest BCUT2D eigenvalue weighted by atomic mass is 10.3. The van der Waals surface area contributed by atoms with Crippen molar-refractivity contribution in [1.29, 1.82) is 0 Å². The van der Waals surface area contributed by atoms with Crippen LogP contribution in [0, 0.1) is 0 Å². The Hall–Kier alpha value is -2.81. The molecule has 0 aliphatic carbocycles. The average Bonchev–Trinajstić information content (AvgIpc) is 3.06. The Morgan fingerprint density at radius 1 is 1.25 bits per heavy atom. The molecule has 0 radical (unpaired) electrons. The van der Waals surface area contributed by atoms with Gasteiger partial charge in [0.1, 0.15) is 10.5 Å². The molecule has 0 aliphatic heterocycles. The molecule has 0 unspecified atom stereocenters. The zero-order chi connectivity index (χ0) is 17.1. The third-order valence-electron chi connectivity index (χ3n) is 3.55. The summed E-state index contributed by atoms with van der Waals surface area (Å²) in [4.78, 5) is 45.1. The molecule has 3 rings (SSSR count). The molecular formula is C15H15N5O3S. The van der Waals surface area contributed by atoms with Crippen molar-refractivity contribution in [3.8, 4) is 0 Å². The van der Waals surface area contributed by atoms with Crippen LogP contribution >= 0.6 is 11.3 Å². The van der Waals surface area contributed by atoms with Gasteiger partial charge in [0.25, 0.3) is 11.1 Å². The van der Waals surface area contributed by atoms with Gasteiger partial charge < -0.3 is 5.32 Å². The summed E-state index contributed by atoms with van der Waals surface area (Å²) in [7, 11) is 0. The number of thiophene rings is 1. The number of hydrogen-bond acceptors (Lipinski definition) is 6. The van der Waals surface area contributed by atoms with Crippen LogP contribution in [0.4, 0.5) is 5.69 Å². The van der Waals surface area contributed by atoms with Crippen molar-refractivity contribution < 1.29 is 4.79 Å². The third-order valence-corrected chi connectivity index (χ3v) is 4.37. The van der Waals surface area contributed by atoms with E-state index in [1.807, 2.05) is 6.92 Å². The number of fused-ring (bicyclic) bond motifs is 1. The molecule has 24 heavy (non-hydrogen) atoms. The molecule has 0 fully saturated rings. The summed E-state index contributed by atoms with van der Waals surface area (Å²) in [6.07, 6.45) is 4.22. The second kappa shape index (κ2) is 6.75. The fourth-order valence-electron chi connectivity index (χ4n) is 2.25. The molecule has 9 heteroatoms. The molecule has 1 amide bonds. The largest absolute Gasteiger partial charge is 0.320 e. The van der Waals surface area contributed by atoms with Crippen LogP contribution in [0.2, 0.25) is 0 Å². The Kier molecular flexibility index (Phi) is 4.52. The van der Waals surface area contributed by atoms with Gasteiger partial charge in [0.05, 0.1) is 24.2 Å². The van der Waals surface area contributed by atoms with E-state index in [2.05, 4.69) is 15.3 Å². The Morgan fingerprint density at radius 3 is 2.88 bits per heavy atom. The van der Waals surface area contributed by atoms with Crippen molar-refractivity contribution in [1.82, 2.24) is 19.1 Å². The molecule has 0 saturated heterocycles. The molecular weight excluding hydrogens is 330 g/mol. The second-order valence-electron chi connectivity index (χ2n) is 5.08. The van der Waals surface area contributed by atoms with Crippen molar-refractivity contribution in [3.05, 3.63) is 51.0 Å². The highest BCUT2D eigenvalue weighted by atomic mass is 32.1. The smallest absolute Gasteiger partial charge is 0.277 e. The van der Waals surface area contributed by atoms with Crippen molar-refractivity contribution in [3.63, 3.8) is 0 Å². The number of carbonyl (C=O) groups is 1. The van der Waals surface area contributed by atoms with Crippen LogP contribution < -0.4 is 16.4 Å². The van der Waals surface area contributed by atoms with E-state index >= 15 is 0 Å². The highest BCUT2D eigenvalue weighted by molar-refractivity contribution is 7.16. The zero-order valence-electron chi connectivity index (χ0n) is 12.9. The highest BCUT2D eigenvalue weighted by Gasteiger charge is 2.10. The van der Waals surface area contributed by atoms with E-state index in [1.165, 1.54) is 39.3 Å². The van der Waals surface area contributed by atoms with Gasteiger partial charge in [-0.05, 0) is 18.4 Å². The van der Waals surface area contributed by atoms with Gasteiger partial charge in [0.2, 0.25) is 5.91 Å². The lowest BCUT2D eigenvalue weighted by molar-refractivity contribution is -0.116. The topological polar surface area (TPSA) is 98.9 Å². The van der Waals surface area contributed by atoms with Crippen LogP contribution in [0.25, 0.3) is 10.2 Å². The lowest BCUT2D eigenvalue weighted by Crippen LogP contribution is -2.27. The summed E-state index contributed by atoms with van der Waals surface area (Å²) in [6, 6.07) is 1.72. The summed E-state index contributed by atoms with van der Waals surface area (Å²) < 4.78 is 2.79. The minimum absolute atomic E-state index is 0.0533. The number of aromatic nitrogens is 4. The quantitative estimate of drug-likeness (QED) is 0.745. The van der Waals surface area contributed by atoms with Gasteiger partial charge in [-0.25, -0.2) is 9.97 Å². The van der Waals surface area contributed by atoms with Gasteiger partial charge >= 0.3 is 0 Å².